The molecule has 23 heavy (non-hydrogen) atoms. The molecule has 0 saturated heterocycles. The molecule has 0 spiro atoms. The van der Waals surface area contributed by atoms with Crippen molar-refractivity contribution in [2.45, 2.75) is 20.8 Å². The Bertz CT molecular complexity index is 778. The van der Waals surface area contributed by atoms with Gasteiger partial charge in [0.15, 0.2) is 7.14 Å². The summed E-state index contributed by atoms with van der Waals surface area (Å²) in [6.45, 7) is 6.13. The summed E-state index contributed by atoms with van der Waals surface area (Å²) in [5.74, 6) is 0. The van der Waals surface area contributed by atoms with E-state index >= 15 is 0 Å². The first-order valence-electron chi connectivity index (χ1n) is 7.82. The van der Waals surface area contributed by atoms with Crippen LogP contribution in [0.5, 0.6) is 0 Å². The van der Waals surface area contributed by atoms with Gasteiger partial charge in [0.05, 0.1) is 0 Å². The van der Waals surface area contributed by atoms with Crippen LogP contribution in [0.2, 0.25) is 0 Å². The molecular weight excluding hydrogens is 299 g/mol. The highest BCUT2D eigenvalue weighted by molar-refractivity contribution is 7.85. The molecule has 0 radical (unpaired) electrons. The smallest absolute Gasteiger partial charge is 0.171 e. The summed E-state index contributed by atoms with van der Waals surface area (Å²) in [6, 6.07) is 24.2. The Morgan fingerprint density at radius 2 is 0.870 bits per heavy atom. The molecule has 0 bridgehead atoms. The maximum atomic E-state index is 14.3. The molecule has 0 unspecified atom stereocenters. The van der Waals surface area contributed by atoms with Crippen LogP contribution in [0.4, 0.5) is 0 Å². The molecule has 0 amide bonds. The summed E-state index contributed by atoms with van der Waals surface area (Å²) >= 11 is 0. The molecule has 116 valence electrons. The lowest BCUT2D eigenvalue weighted by atomic mass is 10.2. The summed E-state index contributed by atoms with van der Waals surface area (Å²) in [6.07, 6.45) is 0. The van der Waals surface area contributed by atoms with Crippen molar-refractivity contribution in [2.24, 2.45) is 0 Å². The van der Waals surface area contributed by atoms with Crippen molar-refractivity contribution in [3.05, 3.63) is 89.5 Å². The highest BCUT2D eigenvalue weighted by Crippen LogP contribution is 2.42. The number of benzene rings is 3. The molecule has 0 N–H and O–H groups in total. The molecule has 3 rings (SSSR count). The van der Waals surface area contributed by atoms with Gasteiger partial charge in [-0.2, -0.15) is 0 Å². The van der Waals surface area contributed by atoms with E-state index in [4.69, 9.17) is 0 Å². The lowest BCUT2D eigenvalue weighted by Crippen LogP contribution is -2.25. The maximum absolute atomic E-state index is 14.3. The van der Waals surface area contributed by atoms with E-state index in [0.717, 1.165) is 32.6 Å². The largest absolute Gasteiger partial charge is 0.309 e. The average molecular weight is 320 g/mol. The summed E-state index contributed by atoms with van der Waals surface area (Å²) in [5, 5.41) is 2.69. The minimum Gasteiger partial charge on any atom is -0.309 e. The van der Waals surface area contributed by atoms with E-state index in [9.17, 15) is 4.57 Å². The van der Waals surface area contributed by atoms with Crippen molar-refractivity contribution in [2.75, 3.05) is 0 Å². The van der Waals surface area contributed by atoms with Gasteiger partial charge in [0.2, 0.25) is 0 Å². The second kappa shape index (κ2) is 6.18. The van der Waals surface area contributed by atoms with Crippen LogP contribution in [0.15, 0.2) is 72.8 Å². The molecule has 0 fully saturated rings. The van der Waals surface area contributed by atoms with Crippen molar-refractivity contribution in [3.63, 3.8) is 0 Å². The molecule has 0 aromatic heterocycles. The van der Waals surface area contributed by atoms with Crippen LogP contribution in [-0.2, 0) is 4.57 Å². The highest BCUT2D eigenvalue weighted by Gasteiger charge is 2.29. The maximum Gasteiger partial charge on any atom is 0.171 e. The fraction of sp³-hybridized carbons (Fsp3) is 0.143. The van der Waals surface area contributed by atoms with E-state index in [2.05, 4.69) is 0 Å². The van der Waals surface area contributed by atoms with Crippen molar-refractivity contribution in [1.82, 2.24) is 0 Å². The predicted octanol–water partition coefficient (Wildman–Crippen LogP) is 4.25. The SMILES string of the molecule is Cc1cccc(P(=O)(c2cccc(C)c2)c2cccc(C)c2)c1. The Morgan fingerprint density at radius 3 is 1.13 bits per heavy atom. The zero-order chi connectivity index (χ0) is 16.4. The summed E-state index contributed by atoms with van der Waals surface area (Å²) in [5.41, 5.74) is 3.38. The van der Waals surface area contributed by atoms with Gasteiger partial charge in [0, 0.05) is 15.9 Å². The van der Waals surface area contributed by atoms with Crippen LogP contribution in [0.3, 0.4) is 0 Å². The summed E-state index contributed by atoms with van der Waals surface area (Å²) in [4.78, 5) is 0. The summed E-state index contributed by atoms with van der Waals surface area (Å²) in [7, 11) is -2.86. The van der Waals surface area contributed by atoms with Gasteiger partial charge >= 0.3 is 0 Å². The zero-order valence-corrected chi connectivity index (χ0v) is 14.7. The second-order valence-electron chi connectivity index (χ2n) is 6.13. The van der Waals surface area contributed by atoms with Crippen molar-refractivity contribution in [1.29, 1.82) is 0 Å². The third kappa shape index (κ3) is 3.02. The minimum atomic E-state index is -2.86. The first-order valence-corrected chi connectivity index (χ1v) is 9.52. The van der Waals surface area contributed by atoms with Crippen LogP contribution in [0.25, 0.3) is 0 Å². The third-order valence-corrected chi connectivity index (χ3v) is 7.11. The van der Waals surface area contributed by atoms with Crippen molar-refractivity contribution < 1.29 is 4.57 Å². The fourth-order valence-electron chi connectivity index (χ4n) is 2.92. The second-order valence-corrected chi connectivity index (χ2v) is 8.89. The predicted molar refractivity (Wildman–Crippen MR) is 100 cm³/mol. The topological polar surface area (TPSA) is 17.1 Å². The van der Waals surface area contributed by atoms with E-state index in [1.807, 2.05) is 93.6 Å². The van der Waals surface area contributed by atoms with Crippen LogP contribution in [-0.4, -0.2) is 0 Å². The van der Waals surface area contributed by atoms with Crippen LogP contribution >= 0.6 is 7.14 Å². The molecular formula is C21H21OP. The third-order valence-electron chi connectivity index (χ3n) is 4.10. The zero-order valence-electron chi connectivity index (χ0n) is 13.8. The Hall–Kier alpha value is -2.11. The van der Waals surface area contributed by atoms with Gasteiger partial charge in [-0.15, -0.1) is 0 Å². The molecule has 3 aromatic carbocycles. The van der Waals surface area contributed by atoms with Gasteiger partial charge in [-0.3, -0.25) is 0 Å². The monoisotopic (exact) mass is 320 g/mol. The lowest BCUT2D eigenvalue weighted by molar-refractivity contribution is 0.592. The first kappa shape index (κ1) is 15.8. The summed E-state index contributed by atoms with van der Waals surface area (Å²) < 4.78 is 14.3. The molecule has 1 nitrogen and oxygen atoms in total. The molecule has 0 saturated carbocycles. The molecule has 0 aliphatic rings. The van der Waals surface area contributed by atoms with Crippen molar-refractivity contribution >= 4 is 23.1 Å². The number of aryl methyl sites for hydroxylation is 3. The van der Waals surface area contributed by atoms with E-state index in [1.54, 1.807) is 0 Å². The Kier molecular flexibility index (Phi) is 4.24. The number of hydrogen-bond acceptors (Lipinski definition) is 1. The van der Waals surface area contributed by atoms with E-state index in [-0.39, 0.29) is 0 Å². The Labute approximate surface area is 138 Å². The van der Waals surface area contributed by atoms with Gasteiger partial charge in [0.25, 0.3) is 0 Å². The normalized spacial score (nSPS) is 11.4. The number of hydrogen-bond donors (Lipinski definition) is 0. The highest BCUT2D eigenvalue weighted by atomic mass is 31.2. The molecule has 3 aromatic rings. The molecule has 0 aliphatic heterocycles. The first-order chi connectivity index (χ1) is 11.0. The minimum absolute atomic E-state index is 0.897. The fourth-order valence-corrected chi connectivity index (χ4v) is 5.86. The van der Waals surface area contributed by atoms with Gasteiger partial charge in [-0.1, -0.05) is 71.3 Å². The average Bonchev–Trinajstić information content (AvgIpc) is 2.54. The number of rotatable bonds is 3. The van der Waals surface area contributed by atoms with Crippen LogP contribution in [0.1, 0.15) is 16.7 Å². The van der Waals surface area contributed by atoms with Gasteiger partial charge in [0.1, 0.15) is 0 Å². The van der Waals surface area contributed by atoms with E-state index in [1.165, 1.54) is 0 Å². The quantitative estimate of drug-likeness (QED) is 0.659. The molecule has 0 aliphatic carbocycles. The molecule has 0 heterocycles. The van der Waals surface area contributed by atoms with Crippen LogP contribution in [0, 0.1) is 20.8 Å². The van der Waals surface area contributed by atoms with E-state index < -0.39 is 7.14 Å². The van der Waals surface area contributed by atoms with Crippen LogP contribution < -0.4 is 15.9 Å². The molecule has 0 atom stereocenters. The Balaban J connectivity index is 2.32. The lowest BCUT2D eigenvalue weighted by Gasteiger charge is -2.21. The Morgan fingerprint density at radius 1 is 0.565 bits per heavy atom. The molecule has 2 heteroatoms. The van der Waals surface area contributed by atoms with Gasteiger partial charge in [-0.05, 0) is 39.0 Å². The van der Waals surface area contributed by atoms with E-state index in [0.29, 0.717) is 0 Å². The standard InChI is InChI=1S/C21H21OP/c1-16-7-4-10-19(13-16)23(22,20-11-5-8-17(2)14-20)21-12-6-9-18(3)15-21/h4-15H,1-3H3. The van der Waals surface area contributed by atoms with Gasteiger partial charge in [-0.25, -0.2) is 0 Å². The van der Waals surface area contributed by atoms with Crippen molar-refractivity contribution in [3.8, 4) is 0 Å². The van der Waals surface area contributed by atoms with Gasteiger partial charge < -0.3 is 4.57 Å².